The van der Waals surface area contributed by atoms with Gasteiger partial charge in [-0.05, 0) is 37.7 Å². The van der Waals surface area contributed by atoms with Crippen molar-refractivity contribution in [3.05, 3.63) is 44.7 Å². The Bertz CT molecular complexity index is 710. The summed E-state index contributed by atoms with van der Waals surface area (Å²) in [5.41, 5.74) is 0.942. The van der Waals surface area contributed by atoms with Crippen LogP contribution < -0.4 is 5.63 Å². The third-order valence-electron chi connectivity index (χ3n) is 2.94. The van der Waals surface area contributed by atoms with Gasteiger partial charge in [-0.3, -0.25) is 9.69 Å². The lowest BCUT2D eigenvalue weighted by Crippen LogP contribution is -2.27. The summed E-state index contributed by atoms with van der Waals surface area (Å²) in [7, 11) is 1.80. The van der Waals surface area contributed by atoms with Crippen molar-refractivity contribution in [1.82, 2.24) is 4.90 Å². The van der Waals surface area contributed by atoms with Gasteiger partial charge in [0.05, 0.1) is 13.2 Å². The van der Waals surface area contributed by atoms with Gasteiger partial charge in [0.15, 0.2) is 0 Å². The Morgan fingerprint density at radius 1 is 1.38 bits per heavy atom. The van der Waals surface area contributed by atoms with E-state index >= 15 is 0 Å². The third kappa shape index (κ3) is 4.15. The standard InChI is InChI=1S/C15H16BrNO4/c1-3-20-15(19)9-17(2)8-10-6-14(18)21-13-7-11(16)4-5-12(10)13/h4-7H,3,8-9H2,1-2H3. The monoisotopic (exact) mass is 353 g/mol. The molecule has 0 amide bonds. The second-order valence-corrected chi connectivity index (χ2v) is 5.62. The Kier molecular flexibility index (Phi) is 5.14. The molecule has 112 valence electrons. The van der Waals surface area contributed by atoms with E-state index in [2.05, 4.69) is 15.9 Å². The van der Waals surface area contributed by atoms with E-state index in [9.17, 15) is 9.59 Å². The summed E-state index contributed by atoms with van der Waals surface area (Å²) in [4.78, 5) is 24.9. The molecule has 6 heteroatoms. The van der Waals surface area contributed by atoms with Gasteiger partial charge in [0, 0.05) is 22.5 Å². The normalized spacial score (nSPS) is 11.0. The smallest absolute Gasteiger partial charge is 0.336 e. The van der Waals surface area contributed by atoms with Gasteiger partial charge in [0.1, 0.15) is 5.58 Å². The predicted molar refractivity (Wildman–Crippen MR) is 83.2 cm³/mol. The molecule has 0 N–H and O–H groups in total. The largest absolute Gasteiger partial charge is 0.465 e. The Labute approximate surface area is 130 Å². The molecule has 1 aromatic carbocycles. The molecule has 5 nitrogen and oxygen atoms in total. The lowest BCUT2D eigenvalue weighted by molar-refractivity contribution is -0.144. The third-order valence-corrected chi connectivity index (χ3v) is 3.43. The molecule has 0 unspecified atom stereocenters. The second-order valence-electron chi connectivity index (χ2n) is 4.71. The molecule has 0 radical (unpaired) electrons. The molecule has 0 fully saturated rings. The minimum Gasteiger partial charge on any atom is -0.465 e. The zero-order valence-corrected chi connectivity index (χ0v) is 13.5. The maximum atomic E-state index is 11.6. The van der Waals surface area contributed by atoms with Crippen molar-refractivity contribution in [1.29, 1.82) is 0 Å². The molecular formula is C15H16BrNO4. The molecule has 0 bridgehead atoms. The van der Waals surface area contributed by atoms with E-state index in [1.807, 2.05) is 12.1 Å². The molecule has 2 aromatic rings. The van der Waals surface area contributed by atoms with E-state index in [1.54, 1.807) is 24.9 Å². The number of esters is 1. The summed E-state index contributed by atoms with van der Waals surface area (Å²) >= 11 is 3.35. The average Bonchev–Trinajstić information content (AvgIpc) is 2.37. The average molecular weight is 354 g/mol. The molecule has 1 aromatic heterocycles. The summed E-state index contributed by atoms with van der Waals surface area (Å²) in [6.07, 6.45) is 0. The van der Waals surface area contributed by atoms with Gasteiger partial charge < -0.3 is 9.15 Å². The molecule has 0 aliphatic carbocycles. The molecule has 2 rings (SSSR count). The first-order valence-electron chi connectivity index (χ1n) is 6.56. The van der Waals surface area contributed by atoms with Crippen LogP contribution in [0.25, 0.3) is 11.0 Å². The van der Waals surface area contributed by atoms with Crippen LogP contribution in [0.5, 0.6) is 0 Å². The van der Waals surface area contributed by atoms with Gasteiger partial charge in [-0.25, -0.2) is 4.79 Å². The van der Waals surface area contributed by atoms with Crippen molar-refractivity contribution in [2.75, 3.05) is 20.2 Å². The topological polar surface area (TPSA) is 59.8 Å². The summed E-state index contributed by atoms with van der Waals surface area (Å²) in [5, 5.41) is 0.855. The van der Waals surface area contributed by atoms with E-state index in [4.69, 9.17) is 9.15 Å². The fourth-order valence-corrected chi connectivity index (χ4v) is 2.45. The van der Waals surface area contributed by atoms with Crippen LogP contribution in [0.3, 0.4) is 0 Å². The lowest BCUT2D eigenvalue weighted by atomic mass is 10.1. The van der Waals surface area contributed by atoms with Crippen molar-refractivity contribution in [2.45, 2.75) is 13.5 Å². The maximum absolute atomic E-state index is 11.6. The Balaban J connectivity index is 2.25. The number of fused-ring (bicyclic) bond motifs is 1. The molecule has 0 aliphatic heterocycles. The highest BCUT2D eigenvalue weighted by Crippen LogP contribution is 2.22. The quantitative estimate of drug-likeness (QED) is 0.610. The Morgan fingerprint density at radius 3 is 2.86 bits per heavy atom. The second kappa shape index (κ2) is 6.87. The van der Waals surface area contributed by atoms with Crippen LogP contribution in [0, 0.1) is 0 Å². The van der Waals surface area contributed by atoms with Gasteiger partial charge in [-0.1, -0.05) is 15.9 Å². The number of likely N-dealkylation sites (N-methyl/N-ethyl adjacent to an activating group) is 1. The SMILES string of the molecule is CCOC(=O)CN(C)Cc1cc(=O)oc2cc(Br)ccc12. The van der Waals surface area contributed by atoms with Crippen LogP contribution in [0.1, 0.15) is 12.5 Å². The highest BCUT2D eigenvalue weighted by Gasteiger charge is 2.11. The molecule has 0 spiro atoms. The van der Waals surface area contributed by atoms with Crippen LogP contribution in [0.2, 0.25) is 0 Å². The van der Waals surface area contributed by atoms with Crippen molar-refractivity contribution in [2.24, 2.45) is 0 Å². The summed E-state index contributed by atoms with van der Waals surface area (Å²) in [5.74, 6) is -0.282. The predicted octanol–water partition coefficient (Wildman–Crippen LogP) is 2.55. The molecule has 21 heavy (non-hydrogen) atoms. The lowest BCUT2D eigenvalue weighted by Gasteiger charge is -2.16. The number of ether oxygens (including phenoxy) is 1. The molecule has 0 aliphatic rings. The van der Waals surface area contributed by atoms with Crippen LogP contribution in [0.4, 0.5) is 0 Å². The highest BCUT2D eigenvalue weighted by molar-refractivity contribution is 9.10. The molecule has 0 saturated carbocycles. The Hall–Kier alpha value is -1.66. The number of nitrogens with zero attached hydrogens (tertiary/aromatic N) is 1. The summed E-state index contributed by atoms with van der Waals surface area (Å²) in [6.45, 7) is 2.76. The van der Waals surface area contributed by atoms with Gasteiger partial charge >= 0.3 is 11.6 Å². The van der Waals surface area contributed by atoms with Crippen molar-refractivity contribution >= 4 is 32.9 Å². The van der Waals surface area contributed by atoms with Gasteiger partial charge in [-0.2, -0.15) is 0 Å². The first-order chi connectivity index (χ1) is 9.99. The fraction of sp³-hybridized carbons (Fsp3) is 0.333. The number of benzene rings is 1. The van der Waals surface area contributed by atoms with Crippen LogP contribution >= 0.6 is 15.9 Å². The first-order valence-corrected chi connectivity index (χ1v) is 7.35. The van der Waals surface area contributed by atoms with Crippen LogP contribution in [0.15, 0.2) is 37.9 Å². The fourth-order valence-electron chi connectivity index (χ4n) is 2.11. The van der Waals surface area contributed by atoms with Gasteiger partial charge in [-0.15, -0.1) is 0 Å². The number of hydrogen-bond donors (Lipinski definition) is 0. The number of hydrogen-bond acceptors (Lipinski definition) is 5. The number of carbonyl (C=O) groups excluding carboxylic acids is 1. The van der Waals surface area contributed by atoms with Crippen molar-refractivity contribution < 1.29 is 13.9 Å². The van der Waals surface area contributed by atoms with Crippen LogP contribution in [-0.2, 0) is 16.1 Å². The van der Waals surface area contributed by atoms with Gasteiger partial charge in [0.2, 0.25) is 0 Å². The Morgan fingerprint density at radius 2 is 2.14 bits per heavy atom. The van der Waals surface area contributed by atoms with E-state index in [-0.39, 0.29) is 12.5 Å². The minimum atomic E-state index is -0.403. The zero-order valence-electron chi connectivity index (χ0n) is 11.9. The number of halogens is 1. The summed E-state index contributed by atoms with van der Waals surface area (Å²) < 4.78 is 10.9. The zero-order chi connectivity index (χ0) is 15.4. The van der Waals surface area contributed by atoms with E-state index in [0.717, 1.165) is 15.4 Å². The maximum Gasteiger partial charge on any atom is 0.336 e. The molecule has 0 atom stereocenters. The van der Waals surface area contributed by atoms with E-state index in [1.165, 1.54) is 6.07 Å². The summed E-state index contributed by atoms with van der Waals surface area (Å²) in [6, 6.07) is 6.98. The molecule has 1 heterocycles. The van der Waals surface area contributed by atoms with E-state index < -0.39 is 5.63 Å². The highest BCUT2D eigenvalue weighted by atomic mass is 79.9. The minimum absolute atomic E-state index is 0.173. The van der Waals surface area contributed by atoms with Crippen molar-refractivity contribution in [3.8, 4) is 0 Å². The van der Waals surface area contributed by atoms with Crippen LogP contribution in [-0.4, -0.2) is 31.1 Å². The molecular weight excluding hydrogens is 338 g/mol. The molecule has 0 saturated heterocycles. The van der Waals surface area contributed by atoms with Crippen molar-refractivity contribution in [3.63, 3.8) is 0 Å². The number of rotatable bonds is 5. The van der Waals surface area contributed by atoms with Gasteiger partial charge in [0.25, 0.3) is 0 Å². The van der Waals surface area contributed by atoms with E-state index in [0.29, 0.717) is 18.7 Å². The number of carbonyl (C=O) groups is 1. The first kappa shape index (κ1) is 15.7.